The molecule has 1 atom stereocenters. The number of rotatable bonds is 6. The summed E-state index contributed by atoms with van der Waals surface area (Å²) in [5.41, 5.74) is 0.952. The fourth-order valence-corrected chi connectivity index (χ4v) is 6.24. The molecule has 2 heterocycles. The van der Waals surface area contributed by atoms with Gasteiger partial charge in [-0.1, -0.05) is 51.5 Å². The highest BCUT2D eigenvalue weighted by Gasteiger charge is 2.16. The Kier molecular flexibility index (Phi) is 5.43. The summed E-state index contributed by atoms with van der Waals surface area (Å²) >= 11 is 1.54. The van der Waals surface area contributed by atoms with Gasteiger partial charge in [0.1, 0.15) is 0 Å². The van der Waals surface area contributed by atoms with Crippen molar-refractivity contribution in [2.75, 3.05) is 11.1 Å². The van der Waals surface area contributed by atoms with Gasteiger partial charge in [0, 0.05) is 17.4 Å². The molecule has 0 aliphatic carbocycles. The Hall–Kier alpha value is -0.720. The first-order chi connectivity index (χ1) is 10.3. The predicted molar refractivity (Wildman–Crippen MR) is 95.2 cm³/mol. The number of carbonyl (C=O) groups is 1. The molecule has 1 aromatic heterocycles. The van der Waals surface area contributed by atoms with Crippen molar-refractivity contribution < 1.29 is 4.79 Å². The lowest BCUT2D eigenvalue weighted by Gasteiger charge is -2.06. The van der Waals surface area contributed by atoms with E-state index in [2.05, 4.69) is 10.3 Å². The first-order valence-electron chi connectivity index (χ1n) is 7.25. The number of unbranched alkanes of at least 4 members (excludes halogenated alkanes) is 1. The molecule has 1 aliphatic heterocycles. The summed E-state index contributed by atoms with van der Waals surface area (Å²) in [6, 6.07) is 7.96. The fraction of sp³-hybridized carbons (Fsp3) is 0.467. The molecule has 0 bridgehead atoms. The largest absolute Gasteiger partial charge is 0.302 e. The van der Waals surface area contributed by atoms with Crippen molar-refractivity contribution >= 4 is 54.2 Å². The quantitative estimate of drug-likeness (QED) is 0.598. The molecule has 1 fully saturated rings. The van der Waals surface area contributed by atoms with Crippen molar-refractivity contribution in [3.05, 3.63) is 24.3 Å². The van der Waals surface area contributed by atoms with E-state index in [9.17, 15) is 4.79 Å². The molecule has 112 valence electrons. The molecule has 2 aromatic rings. The number of thiazole rings is 1. The minimum atomic E-state index is 0.0857. The number of hydrogen-bond donors (Lipinski definition) is 1. The third-order valence-electron chi connectivity index (χ3n) is 3.45. The lowest BCUT2D eigenvalue weighted by atomic mass is 10.1. The van der Waals surface area contributed by atoms with Gasteiger partial charge in [0.25, 0.3) is 0 Å². The zero-order valence-corrected chi connectivity index (χ0v) is 14.2. The van der Waals surface area contributed by atoms with Gasteiger partial charge < -0.3 is 5.32 Å². The Balaban J connectivity index is 1.41. The van der Waals surface area contributed by atoms with Crippen LogP contribution in [0.4, 0.5) is 5.13 Å². The van der Waals surface area contributed by atoms with E-state index < -0.39 is 0 Å². The highest BCUT2D eigenvalue weighted by Crippen LogP contribution is 2.39. The number of amides is 1. The number of aromatic nitrogens is 1. The Morgan fingerprint density at radius 1 is 1.33 bits per heavy atom. The van der Waals surface area contributed by atoms with Crippen LogP contribution in [0.1, 0.15) is 32.1 Å². The molecule has 21 heavy (non-hydrogen) atoms. The van der Waals surface area contributed by atoms with Crippen LogP contribution in [0.3, 0.4) is 0 Å². The summed E-state index contributed by atoms with van der Waals surface area (Å²) < 4.78 is 1.11. The molecule has 1 saturated heterocycles. The molecule has 1 aliphatic rings. The third kappa shape index (κ3) is 4.37. The molecule has 1 N–H and O–H groups in total. The number of fused-ring (bicyclic) bond motifs is 1. The standard InChI is InChI=1S/C15H18N2OS3/c18-14(8-4-1-5-11-9-10-19-21-11)17-15-16-12-6-2-3-7-13(12)20-15/h2-3,6-7,11H,1,4-5,8-10H2,(H,16,17,18). The number of anilines is 1. The van der Waals surface area contributed by atoms with Gasteiger partial charge >= 0.3 is 0 Å². The monoisotopic (exact) mass is 338 g/mol. The van der Waals surface area contributed by atoms with Crippen LogP contribution in [0.5, 0.6) is 0 Å². The molecule has 0 spiro atoms. The maximum Gasteiger partial charge on any atom is 0.226 e. The Morgan fingerprint density at radius 3 is 3.05 bits per heavy atom. The van der Waals surface area contributed by atoms with Crippen molar-refractivity contribution in [3.63, 3.8) is 0 Å². The molecule has 6 heteroatoms. The molecule has 3 rings (SSSR count). The molecule has 1 aromatic carbocycles. The third-order valence-corrected chi connectivity index (χ3v) is 7.41. The summed E-state index contributed by atoms with van der Waals surface area (Å²) in [5.74, 6) is 1.37. The summed E-state index contributed by atoms with van der Waals surface area (Å²) in [6.45, 7) is 0. The number of nitrogens with one attached hydrogen (secondary N) is 1. The summed E-state index contributed by atoms with van der Waals surface area (Å²) in [6.07, 6.45) is 5.28. The van der Waals surface area contributed by atoms with Gasteiger partial charge in [-0.2, -0.15) is 0 Å². The highest BCUT2D eigenvalue weighted by atomic mass is 33.1. The molecule has 1 amide bonds. The van der Waals surface area contributed by atoms with Crippen molar-refractivity contribution in [3.8, 4) is 0 Å². The van der Waals surface area contributed by atoms with Gasteiger partial charge in [-0.15, -0.1) is 0 Å². The van der Waals surface area contributed by atoms with E-state index in [1.165, 1.54) is 29.9 Å². The van der Waals surface area contributed by atoms with Gasteiger partial charge in [0.2, 0.25) is 5.91 Å². The lowest BCUT2D eigenvalue weighted by molar-refractivity contribution is -0.116. The van der Waals surface area contributed by atoms with Crippen molar-refractivity contribution in [1.82, 2.24) is 4.98 Å². The van der Waals surface area contributed by atoms with Gasteiger partial charge in [-0.25, -0.2) is 4.98 Å². The zero-order chi connectivity index (χ0) is 14.5. The smallest absolute Gasteiger partial charge is 0.226 e. The van der Waals surface area contributed by atoms with Crippen LogP contribution in [-0.4, -0.2) is 21.9 Å². The summed E-state index contributed by atoms with van der Waals surface area (Å²) in [7, 11) is 3.99. The molecule has 0 saturated carbocycles. The molecule has 3 nitrogen and oxygen atoms in total. The van der Waals surface area contributed by atoms with Crippen molar-refractivity contribution in [2.24, 2.45) is 0 Å². The van der Waals surface area contributed by atoms with Crippen LogP contribution in [0.2, 0.25) is 0 Å². The maximum absolute atomic E-state index is 11.9. The highest BCUT2D eigenvalue weighted by molar-refractivity contribution is 8.77. The van der Waals surface area contributed by atoms with E-state index in [0.29, 0.717) is 11.6 Å². The maximum atomic E-state index is 11.9. The van der Waals surface area contributed by atoms with Crippen LogP contribution in [0.25, 0.3) is 10.2 Å². The van der Waals surface area contributed by atoms with E-state index in [1.807, 2.05) is 45.9 Å². The minimum absolute atomic E-state index is 0.0857. The van der Waals surface area contributed by atoms with Gasteiger partial charge in [0.15, 0.2) is 5.13 Å². The van der Waals surface area contributed by atoms with E-state index in [1.54, 1.807) is 0 Å². The normalized spacial score (nSPS) is 18.2. The second kappa shape index (κ2) is 7.51. The topological polar surface area (TPSA) is 42.0 Å². The minimum Gasteiger partial charge on any atom is -0.302 e. The van der Waals surface area contributed by atoms with Gasteiger partial charge in [-0.05, 0) is 31.4 Å². The molecule has 1 unspecified atom stereocenters. The van der Waals surface area contributed by atoms with Crippen molar-refractivity contribution in [1.29, 1.82) is 0 Å². The van der Waals surface area contributed by atoms with Crippen LogP contribution < -0.4 is 5.32 Å². The van der Waals surface area contributed by atoms with Crippen molar-refractivity contribution in [2.45, 2.75) is 37.4 Å². The van der Waals surface area contributed by atoms with Gasteiger partial charge in [0.05, 0.1) is 10.2 Å². The molecular weight excluding hydrogens is 320 g/mol. The second-order valence-corrected chi connectivity index (χ2v) is 8.93. The lowest BCUT2D eigenvalue weighted by Crippen LogP contribution is -2.11. The number of nitrogens with zero attached hydrogens (tertiary/aromatic N) is 1. The van der Waals surface area contributed by atoms with Gasteiger partial charge in [-0.3, -0.25) is 4.79 Å². The van der Waals surface area contributed by atoms with Crippen LogP contribution in [0.15, 0.2) is 24.3 Å². The van der Waals surface area contributed by atoms with Crippen LogP contribution in [0, 0.1) is 0 Å². The summed E-state index contributed by atoms with van der Waals surface area (Å²) in [4.78, 5) is 16.4. The summed E-state index contributed by atoms with van der Waals surface area (Å²) in [5, 5.41) is 4.44. The molecule has 0 radical (unpaired) electrons. The number of carbonyl (C=O) groups excluding carboxylic acids is 1. The Bertz CT molecular complexity index is 575. The predicted octanol–water partition coefficient (Wildman–Crippen LogP) is 4.95. The SMILES string of the molecule is O=C(CCCCC1CCSS1)Nc1nc2ccccc2s1. The molecular formula is C15H18N2OS3. The van der Waals surface area contributed by atoms with Crippen LogP contribution >= 0.6 is 32.9 Å². The zero-order valence-electron chi connectivity index (χ0n) is 11.7. The Morgan fingerprint density at radius 2 is 2.24 bits per heavy atom. The van der Waals surface area contributed by atoms with E-state index in [-0.39, 0.29) is 5.91 Å². The number of hydrogen-bond acceptors (Lipinski definition) is 5. The number of benzene rings is 1. The fourth-order valence-electron chi connectivity index (χ4n) is 2.33. The number of para-hydroxylation sites is 1. The van der Waals surface area contributed by atoms with E-state index in [0.717, 1.165) is 28.3 Å². The first-order valence-corrected chi connectivity index (χ1v) is 10.4. The average Bonchev–Trinajstić information content (AvgIpc) is 3.12. The van der Waals surface area contributed by atoms with E-state index >= 15 is 0 Å². The van der Waals surface area contributed by atoms with Crippen LogP contribution in [-0.2, 0) is 4.79 Å². The van der Waals surface area contributed by atoms with E-state index in [4.69, 9.17) is 0 Å². The second-order valence-electron chi connectivity index (χ2n) is 5.11. The Labute approximate surface area is 136 Å². The first kappa shape index (κ1) is 15.2. The average molecular weight is 339 g/mol.